The zero-order valence-electron chi connectivity index (χ0n) is 8.96. The van der Waals surface area contributed by atoms with Gasteiger partial charge in [0.15, 0.2) is 0 Å². The Balaban J connectivity index is 1.85. The molecule has 2 aliphatic rings. The van der Waals surface area contributed by atoms with Crippen LogP contribution in [0.3, 0.4) is 0 Å². The molecule has 0 spiro atoms. The van der Waals surface area contributed by atoms with E-state index in [2.05, 4.69) is 23.5 Å². The lowest BCUT2D eigenvalue weighted by Gasteiger charge is -2.22. The summed E-state index contributed by atoms with van der Waals surface area (Å²) in [4.78, 5) is 0. The molecule has 80 valence electrons. The molecule has 0 bridgehead atoms. The molecular weight excluding hydrogens is 186 g/mol. The second-order valence-corrected chi connectivity index (χ2v) is 4.52. The average Bonchev–Trinajstić information content (AvgIpc) is 2.77. The Labute approximate surface area is 90.6 Å². The summed E-state index contributed by atoms with van der Waals surface area (Å²) in [5.41, 5.74) is 4.49. The van der Waals surface area contributed by atoms with Gasteiger partial charge in [-0.2, -0.15) is 0 Å². The van der Waals surface area contributed by atoms with Crippen molar-refractivity contribution in [3.8, 4) is 0 Å². The van der Waals surface area contributed by atoms with E-state index in [1.807, 2.05) is 0 Å². The second-order valence-electron chi connectivity index (χ2n) is 4.52. The Bertz CT molecular complexity index is 356. The molecule has 1 aromatic rings. The molecule has 0 aromatic heterocycles. The van der Waals surface area contributed by atoms with Crippen LogP contribution < -0.4 is 5.32 Å². The monoisotopic (exact) mass is 203 g/mol. The highest BCUT2D eigenvalue weighted by Gasteiger charge is 2.18. The lowest BCUT2D eigenvalue weighted by atomic mass is 9.90. The first kappa shape index (κ1) is 9.37. The maximum Gasteiger partial charge on any atom is 0.0471 e. The molecular formula is C13H17NO. The Morgan fingerprint density at radius 3 is 2.73 bits per heavy atom. The average molecular weight is 203 g/mol. The molecule has 0 unspecified atom stereocenters. The van der Waals surface area contributed by atoms with Crippen molar-refractivity contribution < 1.29 is 4.74 Å². The molecule has 2 aliphatic heterocycles. The van der Waals surface area contributed by atoms with E-state index < -0.39 is 0 Å². The van der Waals surface area contributed by atoms with Crippen molar-refractivity contribution in [2.24, 2.45) is 0 Å². The molecule has 2 nitrogen and oxygen atoms in total. The highest BCUT2D eigenvalue weighted by atomic mass is 16.5. The van der Waals surface area contributed by atoms with Gasteiger partial charge >= 0.3 is 0 Å². The number of benzene rings is 1. The quantitative estimate of drug-likeness (QED) is 0.755. The Hall–Kier alpha value is -0.860. The van der Waals surface area contributed by atoms with Gasteiger partial charge in [-0.3, -0.25) is 0 Å². The zero-order valence-corrected chi connectivity index (χ0v) is 8.96. The third kappa shape index (κ3) is 1.80. The number of hydrogen-bond donors (Lipinski definition) is 1. The third-order valence-electron chi connectivity index (χ3n) is 3.55. The third-order valence-corrected chi connectivity index (χ3v) is 3.55. The lowest BCUT2D eigenvalue weighted by Crippen LogP contribution is -2.14. The minimum Gasteiger partial charge on any atom is -0.381 e. The van der Waals surface area contributed by atoms with E-state index in [1.165, 1.54) is 29.5 Å². The fraction of sp³-hybridized carbons (Fsp3) is 0.538. The van der Waals surface area contributed by atoms with E-state index >= 15 is 0 Å². The normalized spacial score (nSPS) is 21.6. The molecule has 1 aromatic carbocycles. The van der Waals surface area contributed by atoms with Crippen LogP contribution in [0, 0.1) is 0 Å². The minimum absolute atomic E-state index is 0.727. The minimum atomic E-state index is 0.727. The summed E-state index contributed by atoms with van der Waals surface area (Å²) in [6, 6.07) is 6.99. The first-order valence-electron chi connectivity index (χ1n) is 5.83. The van der Waals surface area contributed by atoms with Gasteiger partial charge in [-0.25, -0.2) is 0 Å². The largest absolute Gasteiger partial charge is 0.381 e. The van der Waals surface area contributed by atoms with Gasteiger partial charge in [0.2, 0.25) is 0 Å². The van der Waals surface area contributed by atoms with Crippen molar-refractivity contribution in [1.29, 1.82) is 0 Å². The summed E-state index contributed by atoms with van der Waals surface area (Å²) in [6.07, 6.45) is 2.37. The van der Waals surface area contributed by atoms with E-state index in [9.17, 15) is 0 Å². The van der Waals surface area contributed by atoms with Crippen LogP contribution in [0.15, 0.2) is 18.2 Å². The highest BCUT2D eigenvalue weighted by Crippen LogP contribution is 2.29. The molecule has 3 rings (SSSR count). The molecule has 15 heavy (non-hydrogen) atoms. The SMILES string of the molecule is c1cc2c(cc1C1CCOCC1)CNC2. The van der Waals surface area contributed by atoms with E-state index in [-0.39, 0.29) is 0 Å². The summed E-state index contributed by atoms with van der Waals surface area (Å²) in [7, 11) is 0. The van der Waals surface area contributed by atoms with E-state index in [1.54, 1.807) is 0 Å². The maximum atomic E-state index is 5.40. The fourth-order valence-corrected chi connectivity index (χ4v) is 2.60. The topological polar surface area (TPSA) is 21.3 Å². The van der Waals surface area contributed by atoms with Crippen LogP contribution in [0.4, 0.5) is 0 Å². The summed E-state index contributed by atoms with van der Waals surface area (Å²) >= 11 is 0. The molecule has 1 saturated heterocycles. The standard InChI is InChI=1S/C13H17NO/c1-2-12-8-14-9-13(12)7-11(1)10-3-5-15-6-4-10/h1-2,7,10,14H,3-6,8-9H2. The summed E-state index contributed by atoms with van der Waals surface area (Å²) in [5.74, 6) is 0.727. The fourth-order valence-electron chi connectivity index (χ4n) is 2.60. The van der Waals surface area contributed by atoms with Crippen LogP contribution in [0.25, 0.3) is 0 Å². The van der Waals surface area contributed by atoms with Gasteiger partial charge in [0.1, 0.15) is 0 Å². The highest BCUT2D eigenvalue weighted by molar-refractivity contribution is 5.36. The summed E-state index contributed by atoms with van der Waals surface area (Å²) in [6.45, 7) is 3.95. The zero-order chi connectivity index (χ0) is 10.1. The summed E-state index contributed by atoms with van der Waals surface area (Å²) < 4.78 is 5.40. The van der Waals surface area contributed by atoms with E-state index in [4.69, 9.17) is 4.74 Å². The predicted molar refractivity (Wildman–Crippen MR) is 59.8 cm³/mol. The van der Waals surface area contributed by atoms with Gasteiger partial charge < -0.3 is 10.1 Å². The van der Waals surface area contributed by atoms with Crippen molar-refractivity contribution in [3.63, 3.8) is 0 Å². The number of nitrogens with one attached hydrogen (secondary N) is 1. The van der Waals surface area contributed by atoms with Gasteiger partial charge in [0.05, 0.1) is 0 Å². The molecule has 0 radical (unpaired) electrons. The molecule has 0 amide bonds. The maximum absolute atomic E-state index is 5.40. The lowest BCUT2D eigenvalue weighted by molar-refractivity contribution is 0.0853. The molecule has 1 fully saturated rings. The first-order valence-corrected chi connectivity index (χ1v) is 5.83. The number of fused-ring (bicyclic) bond motifs is 1. The van der Waals surface area contributed by atoms with Gasteiger partial charge in [0.25, 0.3) is 0 Å². The number of hydrogen-bond acceptors (Lipinski definition) is 2. The van der Waals surface area contributed by atoms with Gasteiger partial charge in [0, 0.05) is 26.3 Å². The van der Waals surface area contributed by atoms with Crippen LogP contribution in [0.5, 0.6) is 0 Å². The summed E-state index contributed by atoms with van der Waals surface area (Å²) in [5, 5.41) is 3.39. The van der Waals surface area contributed by atoms with Crippen LogP contribution in [-0.4, -0.2) is 13.2 Å². The van der Waals surface area contributed by atoms with Gasteiger partial charge in [-0.15, -0.1) is 0 Å². The number of ether oxygens (including phenoxy) is 1. The van der Waals surface area contributed by atoms with Crippen molar-refractivity contribution in [2.45, 2.75) is 31.8 Å². The second kappa shape index (κ2) is 3.95. The van der Waals surface area contributed by atoms with Crippen molar-refractivity contribution >= 4 is 0 Å². The van der Waals surface area contributed by atoms with Crippen LogP contribution in [0.2, 0.25) is 0 Å². The van der Waals surface area contributed by atoms with E-state index in [0.29, 0.717) is 0 Å². The van der Waals surface area contributed by atoms with E-state index in [0.717, 1.165) is 32.2 Å². The Morgan fingerprint density at radius 2 is 1.87 bits per heavy atom. The first-order chi connectivity index (χ1) is 7.43. The van der Waals surface area contributed by atoms with Crippen molar-refractivity contribution in [1.82, 2.24) is 5.32 Å². The molecule has 0 saturated carbocycles. The van der Waals surface area contributed by atoms with Crippen LogP contribution in [-0.2, 0) is 17.8 Å². The Morgan fingerprint density at radius 1 is 1.07 bits per heavy atom. The molecule has 0 aliphatic carbocycles. The predicted octanol–water partition coefficient (Wildman–Crippen LogP) is 2.18. The number of rotatable bonds is 1. The molecule has 2 heteroatoms. The van der Waals surface area contributed by atoms with Crippen LogP contribution >= 0.6 is 0 Å². The van der Waals surface area contributed by atoms with Gasteiger partial charge in [-0.1, -0.05) is 18.2 Å². The Kier molecular flexibility index (Phi) is 2.47. The van der Waals surface area contributed by atoms with Gasteiger partial charge in [-0.05, 0) is 35.4 Å². The van der Waals surface area contributed by atoms with Crippen LogP contribution in [0.1, 0.15) is 35.4 Å². The molecule has 2 heterocycles. The molecule has 1 N–H and O–H groups in total. The van der Waals surface area contributed by atoms with Crippen molar-refractivity contribution in [2.75, 3.05) is 13.2 Å². The van der Waals surface area contributed by atoms with Crippen molar-refractivity contribution in [3.05, 3.63) is 34.9 Å². The smallest absolute Gasteiger partial charge is 0.0471 e. The molecule has 0 atom stereocenters.